The molecule has 53 heavy (non-hydrogen) atoms. The second-order valence-electron chi connectivity index (χ2n) is 15.5. The molecule has 1 fully saturated rings. The fourth-order valence-electron chi connectivity index (χ4n) is 8.78. The fraction of sp³-hybridized carbons (Fsp3) is 0.524. The Balaban J connectivity index is 1.13. The number of rotatable bonds is 15. The first-order valence-corrected chi connectivity index (χ1v) is 22.4. The summed E-state index contributed by atoms with van der Waals surface area (Å²) in [5.41, 5.74) is 6.00. The summed E-state index contributed by atoms with van der Waals surface area (Å²) in [6, 6.07) is 21.5. The van der Waals surface area contributed by atoms with E-state index in [2.05, 4.69) is 30.4 Å². The molecule has 3 aromatic carbocycles. The van der Waals surface area contributed by atoms with Gasteiger partial charge >= 0.3 is 0 Å². The maximum absolute atomic E-state index is 13.9. The average Bonchev–Trinajstić information content (AvgIpc) is 3.47. The van der Waals surface area contributed by atoms with Gasteiger partial charge in [0.15, 0.2) is 8.32 Å². The zero-order valence-corrected chi connectivity index (χ0v) is 32.7. The first-order valence-electron chi connectivity index (χ1n) is 19.4. The molecule has 6 atom stereocenters. The van der Waals surface area contributed by atoms with Gasteiger partial charge in [-0.25, -0.2) is 0 Å². The summed E-state index contributed by atoms with van der Waals surface area (Å²) in [5, 5.41) is 22.8. The van der Waals surface area contributed by atoms with E-state index in [1.165, 1.54) is 5.56 Å². The molecule has 0 aliphatic carbocycles. The number of nitrogens with zero attached hydrogens (tertiary/aromatic N) is 2. The van der Waals surface area contributed by atoms with Crippen molar-refractivity contribution in [2.24, 2.45) is 5.92 Å². The molecular formula is C42H57N3O7Si. The molecule has 0 bridgehead atoms. The molecule has 10 nitrogen and oxygen atoms in total. The molecule has 1 unspecified atom stereocenters. The van der Waals surface area contributed by atoms with E-state index in [9.17, 15) is 24.6 Å². The molecule has 4 N–H and O–H groups in total. The third-order valence-electron chi connectivity index (χ3n) is 11.4. The van der Waals surface area contributed by atoms with Crippen LogP contribution in [-0.4, -0.2) is 90.7 Å². The second-order valence-corrected chi connectivity index (χ2v) is 19.5. The zero-order chi connectivity index (χ0) is 37.7. The van der Waals surface area contributed by atoms with Crippen LogP contribution < -0.4 is 15.0 Å². The molecule has 0 radical (unpaired) electrons. The molecule has 0 saturated carbocycles. The molecule has 3 aliphatic heterocycles. The van der Waals surface area contributed by atoms with Crippen LogP contribution in [0.4, 0.5) is 11.4 Å². The van der Waals surface area contributed by atoms with Gasteiger partial charge in [-0.15, -0.1) is 0 Å². The number of unbranched alkanes of at least 4 members (excludes halogenated alkanes) is 1. The Morgan fingerprint density at radius 1 is 0.981 bits per heavy atom. The van der Waals surface area contributed by atoms with Gasteiger partial charge in [0.25, 0.3) is 0 Å². The molecule has 1 saturated heterocycles. The predicted molar refractivity (Wildman–Crippen MR) is 209 cm³/mol. The van der Waals surface area contributed by atoms with Crippen molar-refractivity contribution in [3.63, 3.8) is 0 Å². The minimum atomic E-state index is -2.70. The van der Waals surface area contributed by atoms with Crippen LogP contribution in [0.3, 0.4) is 0 Å². The van der Waals surface area contributed by atoms with Gasteiger partial charge < -0.3 is 34.7 Å². The molecule has 3 heterocycles. The van der Waals surface area contributed by atoms with Crippen LogP contribution in [0.2, 0.25) is 18.6 Å². The maximum Gasteiger partial charge on any atom is 0.249 e. The van der Waals surface area contributed by atoms with Gasteiger partial charge in [-0.05, 0) is 124 Å². The van der Waals surface area contributed by atoms with E-state index < -0.39 is 8.32 Å². The van der Waals surface area contributed by atoms with Crippen LogP contribution in [0.5, 0.6) is 5.75 Å². The Hall–Kier alpha value is -3.58. The van der Waals surface area contributed by atoms with Crippen molar-refractivity contribution in [2.75, 3.05) is 31.3 Å². The van der Waals surface area contributed by atoms with Crippen LogP contribution in [0, 0.1) is 5.92 Å². The van der Waals surface area contributed by atoms with Crippen molar-refractivity contribution in [3.05, 3.63) is 89.0 Å². The lowest BCUT2D eigenvalue weighted by Gasteiger charge is -2.37. The van der Waals surface area contributed by atoms with E-state index in [1.807, 2.05) is 68.5 Å². The van der Waals surface area contributed by atoms with Gasteiger partial charge in [0.1, 0.15) is 5.75 Å². The summed E-state index contributed by atoms with van der Waals surface area (Å²) >= 11 is 0. The van der Waals surface area contributed by atoms with Gasteiger partial charge in [-0.2, -0.15) is 0 Å². The van der Waals surface area contributed by atoms with E-state index in [0.717, 1.165) is 53.1 Å². The molecular weight excluding hydrogens is 687 g/mol. The Morgan fingerprint density at radius 3 is 2.43 bits per heavy atom. The van der Waals surface area contributed by atoms with E-state index >= 15 is 0 Å². The highest BCUT2D eigenvalue weighted by Crippen LogP contribution is 2.46. The number of benzene rings is 3. The third kappa shape index (κ3) is 8.87. The molecule has 11 heteroatoms. The Kier molecular flexibility index (Phi) is 12.7. The highest BCUT2D eigenvalue weighted by atomic mass is 28.4. The summed E-state index contributed by atoms with van der Waals surface area (Å²) in [5.74, 6) is 0.820. The number of nitrogens with one attached hydrogen (secondary N) is 1. The molecule has 3 aliphatic rings. The van der Waals surface area contributed by atoms with Gasteiger partial charge in [0.2, 0.25) is 11.8 Å². The standard InChI is InChI=1S/C42H57N3O7Si/c1-5-51-35-17-18-37-32(23-35)24-36(43-20-8-9-21-46)42(49)45(37)33-15-12-29(13-16-33)14-19-38-28(2)41(53(3,4)50)39(52-38)25-40(48)44-26-31-11-7-6-10-30(31)22-34(44)27-47/h6-7,10-13,15-18,23,28,34,36,38-39,41,43,46-47,50H,5,8-9,14,19-22,24-27H2,1-4H3/t28-,34-,36?,38+,39-,41+/m0/s1. The molecule has 0 spiro atoms. The number of aliphatic hydroxyl groups excluding tert-OH is 2. The largest absolute Gasteiger partial charge is 0.494 e. The van der Waals surface area contributed by atoms with Crippen molar-refractivity contribution in [1.29, 1.82) is 0 Å². The van der Waals surface area contributed by atoms with E-state index in [0.29, 0.717) is 39.0 Å². The van der Waals surface area contributed by atoms with E-state index in [1.54, 1.807) is 9.80 Å². The van der Waals surface area contributed by atoms with Gasteiger partial charge in [-0.1, -0.05) is 43.3 Å². The Labute approximate surface area is 315 Å². The molecule has 6 rings (SSSR count). The highest BCUT2D eigenvalue weighted by Gasteiger charge is 2.50. The number of aliphatic hydroxyl groups is 2. The van der Waals surface area contributed by atoms with Gasteiger partial charge in [-0.3, -0.25) is 14.5 Å². The first kappa shape index (κ1) is 39.1. The minimum absolute atomic E-state index is 0.00641. The second kappa shape index (κ2) is 17.3. The smallest absolute Gasteiger partial charge is 0.249 e. The quantitative estimate of drug-likeness (QED) is 0.122. The SMILES string of the molecule is CCOc1ccc2c(c1)CC(NCCCCO)C(=O)N2c1ccc(CC[C@H]2O[C@@H](CC(=O)N3Cc4ccccc4C[C@H]3CO)[C@H]([Si](C)(C)O)[C@H]2C)cc1. The Bertz CT molecular complexity index is 1710. The number of carbonyl (C=O) groups excluding carboxylic acids is 2. The molecule has 0 aromatic heterocycles. The maximum atomic E-state index is 13.9. The lowest BCUT2D eigenvalue weighted by atomic mass is 9.93. The number of hydrogen-bond acceptors (Lipinski definition) is 8. The topological polar surface area (TPSA) is 132 Å². The van der Waals surface area contributed by atoms with Crippen LogP contribution in [0.15, 0.2) is 66.7 Å². The van der Waals surface area contributed by atoms with Crippen molar-refractivity contribution in [2.45, 2.75) is 108 Å². The minimum Gasteiger partial charge on any atom is -0.494 e. The van der Waals surface area contributed by atoms with Gasteiger partial charge in [0, 0.05) is 24.4 Å². The van der Waals surface area contributed by atoms with Crippen molar-refractivity contribution in [1.82, 2.24) is 10.2 Å². The number of hydrogen-bond donors (Lipinski definition) is 4. The number of anilines is 2. The molecule has 3 aromatic rings. The highest BCUT2D eigenvalue weighted by molar-refractivity contribution is 6.71. The third-order valence-corrected chi connectivity index (χ3v) is 13.9. The normalized spacial score (nSPS) is 24.2. The Morgan fingerprint density at radius 2 is 1.74 bits per heavy atom. The summed E-state index contributed by atoms with van der Waals surface area (Å²) in [6.45, 7) is 9.70. The van der Waals surface area contributed by atoms with E-state index in [-0.39, 0.29) is 67.2 Å². The van der Waals surface area contributed by atoms with Crippen LogP contribution in [0.1, 0.15) is 61.8 Å². The number of fused-ring (bicyclic) bond motifs is 2. The fourth-order valence-corrected chi connectivity index (χ4v) is 11.4. The summed E-state index contributed by atoms with van der Waals surface area (Å²) in [7, 11) is -2.70. The van der Waals surface area contributed by atoms with Crippen molar-refractivity contribution < 1.29 is 34.1 Å². The molecule has 2 amide bonds. The first-order chi connectivity index (χ1) is 25.5. The van der Waals surface area contributed by atoms with Crippen molar-refractivity contribution >= 4 is 31.5 Å². The summed E-state index contributed by atoms with van der Waals surface area (Å²) in [6.07, 6.45) is 3.86. The number of aryl methyl sites for hydroxylation is 1. The number of ether oxygens (including phenoxy) is 2. The monoisotopic (exact) mass is 743 g/mol. The lowest BCUT2D eigenvalue weighted by molar-refractivity contribution is -0.138. The van der Waals surface area contributed by atoms with Crippen LogP contribution >= 0.6 is 0 Å². The van der Waals surface area contributed by atoms with Crippen LogP contribution in [-0.2, 0) is 40.1 Å². The average molecular weight is 744 g/mol. The van der Waals surface area contributed by atoms with E-state index in [4.69, 9.17) is 9.47 Å². The number of amides is 2. The number of carbonyl (C=O) groups is 2. The lowest BCUT2D eigenvalue weighted by Crippen LogP contribution is -2.49. The predicted octanol–water partition coefficient (Wildman–Crippen LogP) is 5.28. The van der Waals surface area contributed by atoms with Crippen LogP contribution in [0.25, 0.3) is 0 Å². The van der Waals surface area contributed by atoms with Gasteiger partial charge in [0.05, 0.1) is 49.6 Å². The summed E-state index contributed by atoms with van der Waals surface area (Å²) in [4.78, 5) is 42.8. The molecule has 286 valence electrons. The van der Waals surface area contributed by atoms with Crippen molar-refractivity contribution in [3.8, 4) is 5.75 Å². The zero-order valence-electron chi connectivity index (χ0n) is 31.7. The summed E-state index contributed by atoms with van der Waals surface area (Å²) < 4.78 is 12.5.